The number of hydrogen-bond acceptors (Lipinski definition) is 5. The second kappa shape index (κ2) is 5.11. The van der Waals surface area contributed by atoms with Crippen molar-refractivity contribution in [2.75, 3.05) is 0 Å². The summed E-state index contributed by atoms with van der Waals surface area (Å²) >= 11 is 0. The first-order valence-corrected chi connectivity index (χ1v) is 8.52. The Morgan fingerprint density at radius 1 is 1.26 bits per heavy atom. The molecule has 7 nitrogen and oxygen atoms in total. The minimum atomic E-state index is -4.86. The van der Waals surface area contributed by atoms with Gasteiger partial charge in [0.15, 0.2) is 11.5 Å². The van der Waals surface area contributed by atoms with Crippen LogP contribution in [0, 0.1) is 0 Å². The third kappa shape index (κ3) is 2.77. The van der Waals surface area contributed by atoms with Crippen LogP contribution in [-0.4, -0.2) is 31.7 Å². The molecule has 0 aromatic heterocycles. The first-order valence-electron chi connectivity index (χ1n) is 6.99. The summed E-state index contributed by atoms with van der Waals surface area (Å²) in [6.45, 7) is 3.46. The van der Waals surface area contributed by atoms with E-state index in [4.69, 9.17) is 14.5 Å². The number of rotatable bonds is 2. The zero-order chi connectivity index (χ0) is 17.0. The van der Waals surface area contributed by atoms with Gasteiger partial charge in [-0.15, -0.1) is 0 Å². The topological polar surface area (TPSA) is 116 Å². The van der Waals surface area contributed by atoms with Gasteiger partial charge in [-0.1, -0.05) is 24.3 Å². The summed E-state index contributed by atoms with van der Waals surface area (Å²) in [7, 11) is -4.86. The second-order valence-corrected chi connectivity index (χ2v) is 7.20. The zero-order valence-electron chi connectivity index (χ0n) is 12.6. The van der Waals surface area contributed by atoms with Crippen molar-refractivity contribution < 1.29 is 33.8 Å². The number of benzene rings is 2. The van der Waals surface area contributed by atoms with Crippen LogP contribution in [0.5, 0.6) is 17.2 Å². The van der Waals surface area contributed by atoms with Gasteiger partial charge in [0.25, 0.3) is 0 Å². The molecule has 8 heteroatoms. The fraction of sp³-hybridized carbons (Fsp3) is 0.333. The lowest BCUT2D eigenvalue weighted by atomic mass is 9.88. The number of phosphoric ester groups is 1. The average Bonchev–Trinajstić information content (AvgIpc) is 2.44. The van der Waals surface area contributed by atoms with Crippen molar-refractivity contribution >= 4 is 18.6 Å². The van der Waals surface area contributed by atoms with Crippen molar-refractivity contribution in [1.29, 1.82) is 0 Å². The molecule has 0 spiro atoms. The van der Waals surface area contributed by atoms with Gasteiger partial charge in [0.05, 0.1) is 6.10 Å². The lowest BCUT2D eigenvalue weighted by Crippen LogP contribution is -2.46. The lowest BCUT2D eigenvalue weighted by molar-refractivity contribution is -0.0406. The van der Waals surface area contributed by atoms with Crippen molar-refractivity contribution in [3.63, 3.8) is 0 Å². The Balaban J connectivity index is 2.32. The molecule has 0 amide bonds. The van der Waals surface area contributed by atoms with Gasteiger partial charge >= 0.3 is 7.82 Å². The Morgan fingerprint density at radius 2 is 1.87 bits per heavy atom. The minimum Gasteiger partial charge on any atom is -0.504 e. The molecule has 0 saturated heterocycles. The maximum Gasteiger partial charge on any atom is 0.524 e. The summed E-state index contributed by atoms with van der Waals surface area (Å²) in [6, 6.07) is 6.67. The van der Waals surface area contributed by atoms with E-state index in [1.54, 1.807) is 38.1 Å². The number of hydrogen-bond donors (Lipinski definition) is 4. The van der Waals surface area contributed by atoms with Crippen LogP contribution in [-0.2, 0) is 11.0 Å². The largest absolute Gasteiger partial charge is 0.524 e. The quantitative estimate of drug-likeness (QED) is 0.619. The maximum absolute atomic E-state index is 11.2. The smallest absolute Gasteiger partial charge is 0.504 e. The highest BCUT2D eigenvalue weighted by Gasteiger charge is 2.39. The van der Waals surface area contributed by atoms with Crippen LogP contribution in [0.25, 0.3) is 10.8 Å². The highest BCUT2D eigenvalue weighted by atomic mass is 31.2. The number of aliphatic hydroxyl groups is 1. The van der Waals surface area contributed by atoms with Gasteiger partial charge in [-0.25, -0.2) is 4.57 Å². The Bertz CT molecular complexity index is 824. The van der Waals surface area contributed by atoms with Gasteiger partial charge in [-0.2, -0.15) is 0 Å². The molecule has 0 saturated carbocycles. The molecule has 1 atom stereocenters. The van der Waals surface area contributed by atoms with E-state index >= 15 is 0 Å². The van der Waals surface area contributed by atoms with Crippen molar-refractivity contribution in [3.8, 4) is 17.2 Å². The molecule has 3 rings (SSSR count). The standard InChI is InChI=1S/C15H17O7P/c1-15(2)11(16)7-10-12(17)14(22-23(18,19)20)9-6-4-3-5-8(9)13(10)21-15/h3-6,11,16-17H,7H2,1-2H3,(H2,18,19,20). The van der Waals surface area contributed by atoms with E-state index in [0.717, 1.165) is 0 Å². The maximum atomic E-state index is 11.2. The van der Waals surface area contributed by atoms with E-state index < -0.39 is 25.3 Å². The lowest BCUT2D eigenvalue weighted by Gasteiger charge is -2.38. The van der Waals surface area contributed by atoms with Crippen molar-refractivity contribution in [1.82, 2.24) is 0 Å². The van der Waals surface area contributed by atoms with E-state index in [2.05, 4.69) is 4.52 Å². The van der Waals surface area contributed by atoms with E-state index in [9.17, 15) is 14.8 Å². The Kier molecular flexibility index (Phi) is 3.57. The minimum absolute atomic E-state index is 0.0799. The molecule has 1 aliphatic heterocycles. The third-order valence-corrected chi connectivity index (χ3v) is 4.39. The molecule has 124 valence electrons. The molecule has 0 radical (unpaired) electrons. The number of phenols is 1. The first kappa shape index (κ1) is 16.1. The van der Waals surface area contributed by atoms with Crippen molar-refractivity contribution in [2.45, 2.75) is 32.0 Å². The molecule has 1 aliphatic rings. The van der Waals surface area contributed by atoms with Gasteiger partial charge < -0.3 is 19.5 Å². The van der Waals surface area contributed by atoms with Gasteiger partial charge in [-0.05, 0) is 13.8 Å². The molecule has 0 bridgehead atoms. The monoisotopic (exact) mass is 340 g/mol. The SMILES string of the molecule is CC1(C)Oc2c(c(O)c(OP(=O)(O)O)c3ccccc23)CC1O. The number of ether oxygens (including phenoxy) is 1. The number of aromatic hydroxyl groups is 1. The van der Waals surface area contributed by atoms with Crippen LogP contribution >= 0.6 is 7.82 Å². The van der Waals surface area contributed by atoms with Crippen LogP contribution < -0.4 is 9.26 Å². The Hall–Kier alpha value is -1.79. The van der Waals surface area contributed by atoms with E-state index in [0.29, 0.717) is 16.5 Å². The number of fused-ring (bicyclic) bond motifs is 3. The molecule has 1 heterocycles. The van der Waals surface area contributed by atoms with Gasteiger partial charge in [-0.3, -0.25) is 9.79 Å². The van der Waals surface area contributed by atoms with Gasteiger partial charge in [0, 0.05) is 22.8 Å². The summed E-state index contributed by atoms with van der Waals surface area (Å²) < 4.78 is 21.7. The number of phosphoric acid groups is 1. The van der Waals surface area contributed by atoms with Crippen LogP contribution in [0.2, 0.25) is 0 Å². The molecular weight excluding hydrogens is 323 g/mol. The molecule has 4 N–H and O–H groups in total. The summed E-state index contributed by atoms with van der Waals surface area (Å²) in [5.74, 6) is -0.369. The van der Waals surface area contributed by atoms with Crippen LogP contribution in [0.15, 0.2) is 24.3 Å². The number of aliphatic hydroxyl groups excluding tert-OH is 1. The van der Waals surface area contributed by atoms with Crippen molar-refractivity contribution in [3.05, 3.63) is 29.8 Å². The summed E-state index contributed by atoms with van der Waals surface area (Å²) in [4.78, 5) is 18.2. The summed E-state index contributed by atoms with van der Waals surface area (Å²) in [5.41, 5.74) is -0.590. The molecule has 2 aromatic carbocycles. The highest BCUT2D eigenvalue weighted by molar-refractivity contribution is 7.46. The average molecular weight is 340 g/mol. The summed E-state index contributed by atoms with van der Waals surface area (Å²) in [6.07, 6.45) is -0.804. The van der Waals surface area contributed by atoms with Crippen LogP contribution in [0.1, 0.15) is 19.4 Å². The van der Waals surface area contributed by atoms with Crippen LogP contribution in [0.4, 0.5) is 0 Å². The second-order valence-electron chi connectivity index (χ2n) is 6.04. The van der Waals surface area contributed by atoms with Crippen molar-refractivity contribution in [2.24, 2.45) is 0 Å². The third-order valence-electron chi connectivity index (χ3n) is 3.97. The van der Waals surface area contributed by atoms with Crippen LogP contribution in [0.3, 0.4) is 0 Å². The van der Waals surface area contributed by atoms with E-state index in [1.807, 2.05) is 0 Å². The summed E-state index contributed by atoms with van der Waals surface area (Å²) in [5, 5.41) is 21.5. The predicted octanol–water partition coefficient (Wildman–Crippen LogP) is 2.09. The molecular formula is C15H17O7P. The van der Waals surface area contributed by atoms with E-state index in [1.165, 1.54) is 0 Å². The predicted molar refractivity (Wildman–Crippen MR) is 82.7 cm³/mol. The Morgan fingerprint density at radius 3 is 2.48 bits per heavy atom. The fourth-order valence-corrected chi connectivity index (χ4v) is 3.12. The normalized spacial score (nSPS) is 20.0. The van der Waals surface area contributed by atoms with Gasteiger partial charge in [0.1, 0.15) is 11.4 Å². The highest BCUT2D eigenvalue weighted by Crippen LogP contribution is 2.53. The molecule has 0 aliphatic carbocycles. The molecule has 0 fully saturated rings. The van der Waals surface area contributed by atoms with E-state index in [-0.39, 0.29) is 17.7 Å². The first-order chi connectivity index (χ1) is 10.6. The molecule has 23 heavy (non-hydrogen) atoms. The Labute approximate surface area is 132 Å². The number of phenolic OH excluding ortho intramolecular Hbond substituents is 1. The fourth-order valence-electron chi connectivity index (χ4n) is 2.70. The molecule has 2 aromatic rings. The molecule has 1 unspecified atom stereocenters. The van der Waals surface area contributed by atoms with Gasteiger partial charge in [0.2, 0.25) is 0 Å². The zero-order valence-corrected chi connectivity index (χ0v) is 13.4.